The first-order chi connectivity index (χ1) is 5.88. The van der Waals surface area contributed by atoms with Crippen molar-refractivity contribution in [3.8, 4) is 0 Å². The van der Waals surface area contributed by atoms with Gasteiger partial charge in [0.25, 0.3) is 0 Å². The van der Waals surface area contributed by atoms with E-state index in [0.717, 1.165) is 35.5 Å². The molecule has 5 aliphatic carbocycles. The van der Waals surface area contributed by atoms with Crippen molar-refractivity contribution in [2.45, 2.75) is 12.8 Å². The van der Waals surface area contributed by atoms with Gasteiger partial charge in [-0.25, -0.2) is 0 Å². The average molecular weight is 160 g/mol. The summed E-state index contributed by atoms with van der Waals surface area (Å²) in [5.41, 5.74) is 0. The van der Waals surface area contributed by atoms with Gasteiger partial charge in [-0.05, 0) is 48.3 Å². The largest absolute Gasteiger partial charge is 0.299 e. The Kier molecular flexibility index (Phi) is 0.547. The fourth-order valence-electron chi connectivity index (χ4n) is 6.10. The molecule has 0 radical (unpaired) electrons. The quantitative estimate of drug-likeness (QED) is 0.522. The summed E-state index contributed by atoms with van der Waals surface area (Å²) in [4.78, 5) is 11.9. The van der Waals surface area contributed by atoms with Crippen molar-refractivity contribution in [1.82, 2.24) is 0 Å². The van der Waals surface area contributed by atoms with Crippen molar-refractivity contribution >= 4 is 5.78 Å². The second-order valence-corrected chi connectivity index (χ2v) is 5.74. The third-order valence-electron chi connectivity index (χ3n) is 6.02. The zero-order chi connectivity index (χ0) is 7.61. The lowest BCUT2D eigenvalue weighted by Gasteiger charge is -2.43. The topological polar surface area (TPSA) is 17.1 Å². The Bertz CT molecular complexity index is 315. The van der Waals surface area contributed by atoms with E-state index in [1.807, 2.05) is 0 Å². The second kappa shape index (κ2) is 1.21. The van der Waals surface area contributed by atoms with E-state index in [9.17, 15) is 4.79 Å². The van der Waals surface area contributed by atoms with Crippen LogP contribution in [-0.4, -0.2) is 5.78 Å². The van der Waals surface area contributed by atoms with Crippen LogP contribution >= 0.6 is 0 Å². The molecule has 0 saturated heterocycles. The molecule has 5 aliphatic rings. The molecule has 0 aromatic heterocycles. The third-order valence-corrected chi connectivity index (χ3v) is 6.02. The first-order valence-electron chi connectivity index (χ1n) is 5.41. The number of carbonyl (C=O) groups excluding carboxylic acids is 1. The number of fused-ring (bicyclic) bond motifs is 2. The molecule has 12 heavy (non-hydrogen) atoms. The zero-order valence-corrected chi connectivity index (χ0v) is 6.94. The van der Waals surface area contributed by atoms with Gasteiger partial charge in [0.05, 0.1) is 0 Å². The van der Waals surface area contributed by atoms with E-state index in [1.54, 1.807) is 0 Å². The molecule has 1 nitrogen and oxygen atoms in total. The molecule has 0 unspecified atom stereocenters. The van der Waals surface area contributed by atoms with Crippen molar-refractivity contribution in [3.05, 3.63) is 0 Å². The van der Waals surface area contributed by atoms with E-state index < -0.39 is 0 Å². The molecule has 62 valence electrons. The van der Waals surface area contributed by atoms with Crippen LogP contribution in [0.2, 0.25) is 0 Å². The Morgan fingerprint density at radius 3 is 2.50 bits per heavy atom. The number of hydrogen-bond donors (Lipinski definition) is 0. The van der Waals surface area contributed by atoms with Crippen LogP contribution in [0.1, 0.15) is 12.8 Å². The van der Waals surface area contributed by atoms with E-state index in [-0.39, 0.29) is 0 Å². The molecule has 0 N–H and O–H groups in total. The maximum absolute atomic E-state index is 11.9. The molecule has 5 rings (SSSR count). The van der Waals surface area contributed by atoms with E-state index >= 15 is 0 Å². The van der Waals surface area contributed by atoms with E-state index in [1.165, 1.54) is 12.8 Å². The average Bonchev–Trinajstić information content (AvgIpc) is 2.47. The minimum Gasteiger partial charge on any atom is -0.299 e. The van der Waals surface area contributed by atoms with Gasteiger partial charge in [-0.3, -0.25) is 4.79 Å². The van der Waals surface area contributed by atoms with Gasteiger partial charge in [-0.1, -0.05) is 0 Å². The number of hydrogen-bond acceptors (Lipinski definition) is 1. The number of carbonyl (C=O) groups is 1. The van der Waals surface area contributed by atoms with Crippen LogP contribution in [0.5, 0.6) is 0 Å². The fraction of sp³-hybridized carbons (Fsp3) is 0.909. The summed E-state index contributed by atoms with van der Waals surface area (Å²) in [6.45, 7) is 0. The summed E-state index contributed by atoms with van der Waals surface area (Å²) in [5.74, 6) is 7.54. The van der Waals surface area contributed by atoms with Crippen LogP contribution in [0.25, 0.3) is 0 Å². The van der Waals surface area contributed by atoms with Crippen molar-refractivity contribution < 1.29 is 4.79 Å². The molecule has 1 heteroatoms. The van der Waals surface area contributed by atoms with Crippen LogP contribution < -0.4 is 0 Å². The highest BCUT2D eigenvalue weighted by Crippen LogP contribution is 2.81. The molecule has 2 bridgehead atoms. The summed E-state index contributed by atoms with van der Waals surface area (Å²) < 4.78 is 0. The van der Waals surface area contributed by atoms with Crippen LogP contribution in [0.15, 0.2) is 0 Å². The molecule has 5 saturated carbocycles. The number of rotatable bonds is 0. The smallest absolute Gasteiger partial charge is 0.140 e. The van der Waals surface area contributed by atoms with Gasteiger partial charge >= 0.3 is 0 Å². The molecule has 0 heterocycles. The molecule has 8 atom stereocenters. The SMILES string of the molecule is O=C1[C@H]2[C@@H]3C[C@H]4[C@H]1[C@@H]1[C@@H]2C[C@@H]3[C@H]41. The summed E-state index contributed by atoms with van der Waals surface area (Å²) >= 11 is 0. The highest BCUT2D eigenvalue weighted by atomic mass is 16.1. The third kappa shape index (κ3) is 0.272. The van der Waals surface area contributed by atoms with Crippen LogP contribution in [0.4, 0.5) is 0 Å². The number of ketones is 1. The van der Waals surface area contributed by atoms with Crippen molar-refractivity contribution in [1.29, 1.82) is 0 Å². The molecule has 0 aromatic carbocycles. The maximum Gasteiger partial charge on any atom is 0.140 e. The standard InChI is InChI=1S/C11H12O/c12-11-8-4-2-5-7-3(4)1-6(8)9(7)10(5)11/h3-10H,1-2H2/t3-,4+,5+,6+,7+,8-,9+,10-/m0/s1. The van der Waals surface area contributed by atoms with Crippen molar-refractivity contribution in [3.63, 3.8) is 0 Å². The minimum absolute atomic E-state index is 0.583. The summed E-state index contributed by atoms with van der Waals surface area (Å²) in [5, 5.41) is 0. The van der Waals surface area contributed by atoms with Crippen LogP contribution in [-0.2, 0) is 4.79 Å². The Hall–Kier alpha value is -0.330. The lowest BCUT2D eigenvalue weighted by Crippen LogP contribution is -2.44. The normalized spacial score (nSPS) is 79.2. The van der Waals surface area contributed by atoms with Gasteiger partial charge in [0, 0.05) is 11.8 Å². The molecule has 0 aromatic rings. The molecular formula is C11H12O. The first kappa shape index (κ1) is 5.41. The summed E-state index contributed by atoms with van der Waals surface area (Å²) in [6, 6.07) is 0. The Balaban J connectivity index is 1.91. The van der Waals surface area contributed by atoms with Crippen molar-refractivity contribution in [2.75, 3.05) is 0 Å². The van der Waals surface area contributed by atoms with Crippen LogP contribution in [0.3, 0.4) is 0 Å². The monoisotopic (exact) mass is 160 g/mol. The highest BCUT2D eigenvalue weighted by Gasteiger charge is 2.80. The van der Waals surface area contributed by atoms with Gasteiger partial charge < -0.3 is 0 Å². The predicted octanol–water partition coefficient (Wildman–Crippen LogP) is 1.33. The molecular weight excluding hydrogens is 148 g/mol. The molecule has 5 fully saturated rings. The second-order valence-electron chi connectivity index (χ2n) is 5.74. The lowest BCUT2D eigenvalue weighted by molar-refractivity contribution is -0.132. The van der Waals surface area contributed by atoms with Gasteiger partial charge in [0.1, 0.15) is 5.78 Å². The Labute approximate surface area is 71.5 Å². The summed E-state index contributed by atoms with van der Waals surface area (Å²) in [7, 11) is 0. The van der Waals surface area contributed by atoms with Gasteiger partial charge in [0.15, 0.2) is 0 Å². The minimum atomic E-state index is 0.583. The van der Waals surface area contributed by atoms with Crippen molar-refractivity contribution in [2.24, 2.45) is 47.3 Å². The molecule has 0 amide bonds. The van der Waals surface area contributed by atoms with E-state index in [0.29, 0.717) is 17.6 Å². The number of Topliss-reactive ketones (excluding diaryl/α,β-unsaturated/α-hetero) is 1. The van der Waals surface area contributed by atoms with E-state index in [2.05, 4.69) is 0 Å². The zero-order valence-electron chi connectivity index (χ0n) is 6.94. The predicted molar refractivity (Wildman–Crippen MR) is 42.2 cm³/mol. The summed E-state index contributed by atoms with van der Waals surface area (Å²) in [6.07, 6.45) is 2.90. The Morgan fingerprint density at radius 1 is 0.833 bits per heavy atom. The fourth-order valence-corrected chi connectivity index (χ4v) is 6.10. The maximum atomic E-state index is 11.9. The van der Waals surface area contributed by atoms with Gasteiger partial charge in [-0.2, -0.15) is 0 Å². The molecule has 0 aliphatic heterocycles. The molecule has 0 spiro atoms. The lowest BCUT2D eigenvalue weighted by atomic mass is 9.60. The Morgan fingerprint density at radius 2 is 1.58 bits per heavy atom. The highest BCUT2D eigenvalue weighted by molar-refractivity contribution is 5.91. The van der Waals surface area contributed by atoms with Gasteiger partial charge in [0.2, 0.25) is 0 Å². The van der Waals surface area contributed by atoms with E-state index in [4.69, 9.17) is 0 Å². The van der Waals surface area contributed by atoms with Crippen LogP contribution in [0, 0.1) is 47.3 Å². The first-order valence-corrected chi connectivity index (χ1v) is 5.41. The van der Waals surface area contributed by atoms with Gasteiger partial charge in [-0.15, -0.1) is 0 Å².